The van der Waals surface area contributed by atoms with E-state index in [4.69, 9.17) is 0 Å². The van der Waals surface area contributed by atoms with E-state index in [9.17, 15) is 21.6 Å². The van der Waals surface area contributed by atoms with Gasteiger partial charge in [-0.2, -0.15) is 4.31 Å². The molecular weight excluding hydrogens is 436 g/mol. The number of amides is 1. The van der Waals surface area contributed by atoms with Gasteiger partial charge in [-0.25, -0.2) is 16.8 Å². The summed E-state index contributed by atoms with van der Waals surface area (Å²) in [6.07, 6.45) is 4.28. The van der Waals surface area contributed by atoms with Gasteiger partial charge in [0.2, 0.25) is 15.9 Å². The smallest absolute Gasteiger partial charge is 0.243 e. The van der Waals surface area contributed by atoms with Crippen molar-refractivity contribution in [3.05, 3.63) is 54.6 Å². The number of sulfone groups is 1. The lowest BCUT2D eigenvalue weighted by Gasteiger charge is -2.23. The van der Waals surface area contributed by atoms with Crippen LogP contribution in [0.1, 0.15) is 38.5 Å². The van der Waals surface area contributed by atoms with E-state index in [1.165, 1.54) is 28.6 Å². The molecule has 1 heterocycles. The molecule has 4 rings (SSSR count). The Morgan fingerprint density at radius 2 is 1.45 bits per heavy atom. The number of carbonyl (C=O) groups is 1. The van der Waals surface area contributed by atoms with Crippen LogP contribution in [0.2, 0.25) is 0 Å². The van der Waals surface area contributed by atoms with Crippen LogP contribution in [0.5, 0.6) is 0 Å². The number of rotatable bonds is 6. The Kier molecular flexibility index (Phi) is 6.18. The minimum Gasteiger partial charge on any atom is -0.325 e. The molecule has 1 atom stereocenters. The molecule has 1 aliphatic carbocycles. The van der Waals surface area contributed by atoms with E-state index in [0.29, 0.717) is 31.4 Å². The van der Waals surface area contributed by atoms with Crippen LogP contribution in [0.3, 0.4) is 0 Å². The van der Waals surface area contributed by atoms with Crippen molar-refractivity contribution in [2.45, 2.75) is 59.6 Å². The van der Waals surface area contributed by atoms with E-state index in [2.05, 4.69) is 5.32 Å². The summed E-state index contributed by atoms with van der Waals surface area (Å²) in [4.78, 5) is 13.3. The Morgan fingerprint density at radius 1 is 0.806 bits per heavy atom. The zero-order valence-corrected chi connectivity index (χ0v) is 18.7. The van der Waals surface area contributed by atoms with Gasteiger partial charge in [-0.3, -0.25) is 4.79 Å². The maximum absolute atomic E-state index is 13.0. The van der Waals surface area contributed by atoms with E-state index >= 15 is 0 Å². The second kappa shape index (κ2) is 8.72. The number of sulfonamides is 1. The Balaban J connectivity index is 1.48. The monoisotopic (exact) mass is 462 g/mol. The van der Waals surface area contributed by atoms with Gasteiger partial charge < -0.3 is 5.32 Å². The third kappa shape index (κ3) is 4.40. The van der Waals surface area contributed by atoms with Crippen molar-refractivity contribution in [1.29, 1.82) is 0 Å². The molecule has 1 saturated carbocycles. The van der Waals surface area contributed by atoms with Crippen molar-refractivity contribution >= 4 is 31.5 Å². The van der Waals surface area contributed by atoms with Crippen LogP contribution in [0.25, 0.3) is 0 Å². The minimum atomic E-state index is -3.77. The number of hydrogen-bond acceptors (Lipinski definition) is 5. The summed E-state index contributed by atoms with van der Waals surface area (Å²) < 4.78 is 52.6. The maximum atomic E-state index is 13.0. The average molecular weight is 463 g/mol. The van der Waals surface area contributed by atoms with Gasteiger partial charge >= 0.3 is 0 Å². The number of nitrogens with zero attached hydrogens (tertiary/aromatic N) is 1. The number of carbonyl (C=O) groups excluding carboxylic acids is 1. The minimum absolute atomic E-state index is 0.163. The van der Waals surface area contributed by atoms with Crippen LogP contribution in [-0.4, -0.2) is 44.9 Å². The van der Waals surface area contributed by atoms with Crippen molar-refractivity contribution in [2.24, 2.45) is 0 Å². The highest BCUT2D eigenvalue weighted by atomic mass is 32.2. The molecule has 2 aromatic carbocycles. The topological polar surface area (TPSA) is 101 Å². The Morgan fingerprint density at radius 3 is 2.10 bits per heavy atom. The van der Waals surface area contributed by atoms with E-state index in [1.807, 2.05) is 0 Å². The first-order chi connectivity index (χ1) is 14.8. The number of nitrogens with one attached hydrogen (secondary N) is 1. The van der Waals surface area contributed by atoms with Crippen molar-refractivity contribution in [3.63, 3.8) is 0 Å². The highest BCUT2D eigenvalue weighted by Gasteiger charge is 2.39. The first-order valence-electron chi connectivity index (χ1n) is 10.5. The SMILES string of the molecule is O=C(Nc1ccc(S(=O)(=O)C2CCCC2)cc1)C1CCCN1S(=O)(=O)c1ccccc1. The Hall–Kier alpha value is -2.23. The van der Waals surface area contributed by atoms with Crippen LogP contribution < -0.4 is 5.32 Å². The summed E-state index contributed by atoms with van der Waals surface area (Å²) in [6, 6.07) is 13.4. The normalized spacial score (nSPS) is 20.7. The van der Waals surface area contributed by atoms with Gasteiger partial charge in [0.1, 0.15) is 6.04 Å². The quantitative estimate of drug-likeness (QED) is 0.711. The first-order valence-corrected chi connectivity index (χ1v) is 13.5. The first kappa shape index (κ1) is 22.0. The van der Waals surface area contributed by atoms with E-state index in [-0.39, 0.29) is 21.6 Å². The summed E-state index contributed by atoms with van der Waals surface area (Å²) in [6.45, 7) is 0.286. The summed E-state index contributed by atoms with van der Waals surface area (Å²) >= 11 is 0. The van der Waals surface area contributed by atoms with Crippen LogP contribution in [-0.2, 0) is 24.7 Å². The molecule has 0 bridgehead atoms. The molecule has 2 aromatic rings. The van der Waals surface area contributed by atoms with Gasteiger partial charge in [-0.15, -0.1) is 0 Å². The van der Waals surface area contributed by atoms with E-state index in [1.54, 1.807) is 30.3 Å². The van der Waals surface area contributed by atoms with Crippen LogP contribution in [0.4, 0.5) is 5.69 Å². The van der Waals surface area contributed by atoms with Gasteiger partial charge in [0, 0.05) is 12.2 Å². The van der Waals surface area contributed by atoms with Crippen molar-refractivity contribution < 1.29 is 21.6 Å². The number of benzene rings is 2. The van der Waals surface area contributed by atoms with Gasteiger partial charge in [-0.1, -0.05) is 31.0 Å². The third-order valence-corrected chi connectivity index (χ3v) is 10.2. The Labute approximate surface area is 183 Å². The maximum Gasteiger partial charge on any atom is 0.243 e. The van der Waals surface area contributed by atoms with E-state index < -0.39 is 31.8 Å². The summed E-state index contributed by atoms with van der Waals surface area (Å²) in [5, 5.41) is 2.42. The fourth-order valence-electron chi connectivity index (χ4n) is 4.36. The molecule has 2 fully saturated rings. The third-order valence-electron chi connectivity index (χ3n) is 6.05. The van der Waals surface area contributed by atoms with Gasteiger partial charge in [0.25, 0.3) is 0 Å². The second-order valence-electron chi connectivity index (χ2n) is 8.05. The summed E-state index contributed by atoms with van der Waals surface area (Å²) in [7, 11) is -7.13. The molecule has 2 aliphatic rings. The van der Waals surface area contributed by atoms with Crippen molar-refractivity contribution in [2.75, 3.05) is 11.9 Å². The molecule has 1 unspecified atom stereocenters. The van der Waals surface area contributed by atoms with E-state index in [0.717, 1.165) is 12.8 Å². The largest absolute Gasteiger partial charge is 0.325 e. The lowest BCUT2D eigenvalue weighted by atomic mass is 10.2. The van der Waals surface area contributed by atoms with Crippen LogP contribution >= 0.6 is 0 Å². The Bertz CT molecular complexity index is 1140. The molecule has 1 saturated heterocycles. The lowest BCUT2D eigenvalue weighted by Crippen LogP contribution is -2.43. The number of hydrogen-bond donors (Lipinski definition) is 1. The molecule has 166 valence electrons. The molecule has 0 aromatic heterocycles. The molecule has 1 N–H and O–H groups in total. The standard InChI is InChI=1S/C22H26N2O5S2/c25-22(21-11-6-16-24(21)31(28,29)20-9-2-1-3-10-20)23-17-12-14-19(15-13-17)30(26,27)18-7-4-5-8-18/h1-3,9-10,12-15,18,21H,4-8,11,16H2,(H,23,25). The highest BCUT2D eigenvalue weighted by Crippen LogP contribution is 2.31. The van der Waals surface area contributed by atoms with Crippen LogP contribution in [0.15, 0.2) is 64.4 Å². The molecule has 1 amide bonds. The lowest BCUT2D eigenvalue weighted by molar-refractivity contribution is -0.119. The molecular formula is C22H26N2O5S2. The second-order valence-corrected chi connectivity index (χ2v) is 12.2. The molecule has 0 spiro atoms. The number of anilines is 1. The highest BCUT2D eigenvalue weighted by molar-refractivity contribution is 7.92. The molecule has 7 nitrogen and oxygen atoms in total. The summed E-state index contributed by atoms with van der Waals surface area (Å²) in [5.41, 5.74) is 0.444. The van der Waals surface area contributed by atoms with Crippen molar-refractivity contribution in [1.82, 2.24) is 4.31 Å². The molecule has 1 aliphatic heterocycles. The molecule has 9 heteroatoms. The molecule has 0 radical (unpaired) electrons. The fraction of sp³-hybridized carbons (Fsp3) is 0.409. The predicted molar refractivity (Wildman–Crippen MR) is 118 cm³/mol. The zero-order valence-electron chi connectivity index (χ0n) is 17.1. The van der Waals surface area contributed by atoms with Crippen molar-refractivity contribution in [3.8, 4) is 0 Å². The fourth-order valence-corrected chi connectivity index (χ4v) is 7.89. The summed E-state index contributed by atoms with van der Waals surface area (Å²) in [5.74, 6) is -0.414. The van der Waals surface area contributed by atoms with Gasteiger partial charge in [0.05, 0.1) is 15.0 Å². The molecule has 31 heavy (non-hydrogen) atoms. The van der Waals surface area contributed by atoms with Gasteiger partial charge in [0.15, 0.2) is 9.84 Å². The zero-order chi connectivity index (χ0) is 22.1. The van der Waals surface area contributed by atoms with Crippen LogP contribution in [0, 0.1) is 0 Å². The van der Waals surface area contributed by atoms with Gasteiger partial charge in [-0.05, 0) is 62.1 Å². The predicted octanol–water partition coefficient (Wildman–Crippen LogP) is 3.19. The average Bonchev–Trinajstić information content (AvgIpc) is 3.47.